The van der Waals surface area contributed by atoms with E-state index >= 15 is 0 Å². The molecule has 0 unspecified atom stereocenters. The average molecular weight is 413 g/mol. The van der Waals surface area contributed by atoms with Crippen molar-refractivity contribution in [1.29, 1.82) is 0 Å². The number of amides is 2. The Balaban J connectivity index is 2.42. The minimum absolute atomic E-state index is 0.140. The van der Waals surface area contributed by atoms with Crippen molar-refractivity contribution in [2.45, 2.75) is 38.9 Å². The molecule has 25 heavy (non-hydrogen) atoms. The van der Waals surface area contributed by atoms with Gasteiger partial charge < -0.3 is 15.4 Å². The second-order valence-electron chi connectivity index (χ2n) is 6.62. The zero-order valence-electron chi connectivity index (χ0n) is 15.0. The molecule has 0 saturated heterocycles. The van der Waals surface area contributed by atoms with E-state index in [0.29, 0.717) is 17.9 Å². The molecule has 7 heteroatoms. The van der Waals surface area contributed by atoms with Gasteiger partial charge in [-0.3, -0.25) is 9.59 Å². The molecule has 1 aromatic carbocycles. The van der Waals surface area contributed by atoms with Crippen molar-refractivity contribution in [1.82, 2.24) is 5.32 Å². The van der Waals surface area contributed by atoms with E-state index in [2.05, 4.69) is 26.6 Å². The maximum atomic E-state index is 12.0. The van der Waals surface area contributed by atoms with Crippen LogP contribution in [0.1, 0.15) is 44.5 Å². The van der Waals surface area contributed by atoms with Crippen LogP contribution in [0.2, 0.25) is 0 Å². The van der Waals surface area contributed by atoms with E-state index in [1.165, 1.54) is 0 Å². The van der Waals surface area contributed by atoms with E-state index < -0.39 is 5.97 Å². The maximum Gasteiger partial charge on any atom is 0.338 e. The Bertz CT molecular complexity index is 608. The monoisotopic (exact) mass is 412 g/mol. The van der Waals surface area contributed by atoms with Crippen LogP contribution in [0.25, 0.3) is 0 Å². The Labute approximate surface area is 156 Å². The van der Waals surface area contributed by atoms with Gasteiger partial charge in [0.2, 0.25) is 11.8 Å². The summed E-state index contributed by atoms with van der Waals surface area (Å²) in [7, 11) is 0. The van der Waals surface area contributed by atoms with Crippen molar-refractivity contribution in [3.63, 3.8) is 0 Å². The molecule has 0 aliphatic rings. The third-order valence-corrected chi connectivity index (χ3v) is 5.11. The second kappa shape index (κ2) is 9.56. The van der Waals surface area contributed by atoms with E-state index in [9.17, 15) is 14.4 Å². The molecule has 0 saturated carbocycles. The molecule has 0 heterocycles. The summed E-state index contributed by atoms with van der Waals surface area (Å²) in [4.78, 5) is 35.1. The highest BCUT2D eigenvalue weighted by molar-refractivity contribution is 9.10. The number of carbonyl (C=O) groups is 3. The van der Waals surface area contributed by atoms with E-state index in [1.54, 1.807) is 31.2 Å². The first-order valence-electron chi connectivity index (χ1n) is 8.14. The fourth-order valence-electron chi connectivity index (χ4n) is 1.91. The summed E-state index contributed by atoms with van der Waals surface area (Å²) in [5, 5.41) is 5.46. The number of esters is 1. The van der Waals surface area contributed by atoms with Gasteiger partial charge in [-0.1, -0.05) is 36.7 Å². The number of carbonyl (C=O) groups excluding carboxylic acids is 3. The zero-order chi connectivity index (χ0) is 19.0. The lowest BCUT2D eigenvalue weighted by atomic mass is 9.92. The van der Waals surface area contributed by atoms with Crippen LogP contribution in [-0.4, -0.2) is 35.8 Å². The highest BCUT2D eigenvalue weighted by Gasteiger charge is 2.28. The number of anilines is 1. The summed E-state index contributed by atoms with van der Waals surface area (Å²) in [5.41, 5.74) is 0.808. The number of benzene rings is 1. The molecule has 0 aliphatic heterocycles. The molecule has 0 aliphatic carbocycles. The number of halogens is 1. The fraction of sp³-hybridized carbons (Fsp3) is 0.500. The van der Waals surface area contributed by atoms with Crippen molar-refractivity contribution in [2.75, 3.05) is 18.5 Å². The highest BCUT2D eigenvalue weighted by Crippen LogP contribution is 2.25. The second-order valence-corrected chi connectivity index (χ2v) is 7.53. The van der Waals surface area contributed by atoms with Gasteiger partial charge in [0.25, 0.3) is 0 Å². The molecule has 1 rings (SSSR count). The largest absolute Gasteiger partial charge is 0.462 e. The third-order valence-electron chi connectivity index (χ3n) is 3.32. The molecular weight excluding hydrogens is 388 g/mol. The van der Waals surface area contributed by atoms with Gasteiger partial charge >= 0.3 is 5.97 Å². The minimum atomic E-state index is -0.397. The van der Waals surface area contributed by atoms with Gasteiger partial charge in [-0.25, -0.2) is 4.79 Å². The first-order chi connectivity index (χ1) is 11.6. The summed E-state index contributed by atoms with van der Waals surface area (Å²) in [6.45, 7) is 8.18. The highest BCUT2D eigenvalue weighted by atomic mass is 79.9. The molecule has 138 valence electrons. The van der Waals surface area contributed by atoms with Gasteiger partial charge in [-0.2, -0.15) is 0 Å². The normalized spacial score (nSPS) is 12.2. The summed E-state index contributed by atoms with van der Waals surface area (Å²) >= 11 is 3.36. The van der Waals surface area contributed by atoms with Crippen molar-refractivity contribution in [2.24, 2.45) is 5.41 Å². The van der Waals surface area contributed by atoms with Gasteiger partial charge in [0, 0.05) is 18.7 Å². The number of rotatable bonds is 7. The Morgan fingerprint density at radius 2 is 1.76 bits per heavy atom. The third kappa shape index (κ3) is 7.25. The lowest BCUT2D eigenvalue weighted by molar-refractivity contribution is -0.122. The molecule has 1 atom stereocenters. The van der Waals surface area contributed by atoms with Crippen LogP contribution in [0.3, 0.4) is 0 Å². The Kier molecular flexibility index (Phi) is 8.09. The minimum Gasteiger partial charge on any atom is -0.462 e. The molecule has 0 spiro atoms. The molecule has 6 nitrogen and oxygen atoms in total. The predicted molar refractivity (Wildman–Crippen MR) is 101 cm³/mol. The van der Waals surface area contributed by atoms with Crippen LogP contribution < -0.4 is 10.6 Å². The summed E-state index contributed by atoms with van der Waals surface area (Å²) < 4.78 is 4.90. The zero-order valence-corrected chi connectivity index (χ0v) is 16.6. The van der Waals surface area contributed by atoms with Gasteiger partial charge in [-0.15, -0.1) is 0 Å². The Morgan fingerprint density at radius 1 is 1.16 bits per heavy atom. The topological polar surface area (TPSA) is 84.5 Å². The van der Waals surface area contributed by atoms with Crippen LogP contribution in [0, 0.1) is 5.41 Å². The molecule has 2 amide bonds. The number of alkyl halides is 1. The quantitative estimate of drug-likeness (QED) is 0.532. The Morgan fingerprint density at radius 3 is 2.28 bits per heavy atom. The van der Waals surface area contributed by atoms with E-state index in [0.717, 1.165) is 0 Å². The summed E-state index contributed by atoms with van der Waals surface area (Å²) in [5.74, 6) is -0.753. The first kappa shape index (κ1) is 21.2. The SMILES string of the molecule is CCOC(=O)c1ccc(NC(=O)CCNC(=O)[C@H](Br)C(C)(C)C)cc1. The molecular formula is C18H25BrN2O4. The lowest BCUT2D eigenvalue weighted by Gasteiger charge is -2.24. The molecule has 0 bridgehead atoms. The van der Waals surface area contributed by atoms with Crippen molar-refractivity contribution in [3.8, 4) is 0 Å². The number of nitrogens with one attached hydrogen (secondary N) is 2. The molecule has 2 N–H and O–H groups in total. The van der Waals surface area contributed by atoms with Gasteiger partial charge in [0.1, 0.15) is 0 Å². The van der Waals surface area contributed by atoms with E-state index in [4.69, 9.17) is 4.74 Å². The van der Waals surface area contributed by atoms with Crippen LogP contribution in [-0.2, 0) is 14.3 Å². The Hall–Kier alpha value is -1.89. The van der Waals surface area contributed by atoms with E-state index in [1.807, 2.05) is 20.8 Å². The lowest BCUT2D eigenvalue weighted by Crippen LogP contribution is -2.39. The first-order valence-corrected chi connectivity index (χ1v) is 9.05. The molecule has 0 radical (unpaired) electrons. The number of hydrogen-bond donors (Lipinski definition) is 2. The van der Waals surface area contributed by atoms with Crippen molar-refractivity contribution in [3.05, 3.63) is 29.8 Å². The summed E-state index contributed by atoms with van der Waals surface area (Å²) in [6, 6.07) is 6.45. The van der Waals surface area contributed by atoms with Crippen LogP contribution in [0.5, 0.6) is 0 Å². The van der Waals surface area contributed by atoms with Crippen molar-refractivity contribution < 1.29 is 19.1 Å². The average Bonchev–Trinajstić information content (AvgIpc) is 2.54. The van der Waals surface area contributed by atoms with Crippen LogP contribution >= 0.6 is 15.9 Å². The van der Waals surface area contributed by atoms with Crippen molar-refractivity contribution >= 4 is 39.4 Å². The fourth-order valence-corrected chi connectivity index (χ4v) is 2.07. The van der Waals surface area contributed by atoms with Gasteiger partial charge in [-0.05, 0) is 36.6 Å². The predicted octanol–water partition coefficient (Wildman–Crippen LogP) is 3.12. The smallest absolute Gasteiger partial charge is 0.338 e. The van der Waals surface area contributed by atoms with Crippen LogP contribution in [0.15, 0.2) is 24.3 Å². The maximum absolute atomic E-state index is 12.0. The summed E-state index contributed by atoms with van der Waals surface area (Å²) in [6.07, 6.45) is 0.162. The van der Waals surface area contributed by atoms with Crippen LogP contribution in [0.4, 0.5) is 5.69 Å². The number of ether oxygens (including phenoxy) is 1. The molecule has 0 fully saturated rings. The molecule has 0 aromatic heterocycles. The standard InChI is InChI=1S/C18H25BrN2O4/c1-5-25-17(24)12-6-8-13(9-7-12)21-14(22)10-11-20-16(23)15(19)18(2,3)4/h6-9,15H,5,10-11H2,1-4H3,(H,20,23)(H,21,22)/t15-/m0/s1. The number of hydrogen-bond acceptors (Lipinski definition) is 4. The molecule has 1 aromatic rings. The van der Waals surface area contributed by atoms with Gasteiger partial charge in [0.15, 0.2) is 0 Å². The van der Waals surface area contributed by atoms with Gasteiger partial charge in [0.05, 0.1) is 17.0 Å². The van der Waals surface area contributed by atoms with E-state index in [-0.39, 0.29) is 35.0 Å².